The molecule has 2 atom stereocenters. The van der Waals surface area contributed by atoms with E-state index in [2.05, 4.69) is 98.9 Å². The molecule has 27 heavy (non-hydrogen) atoms. The summed E-state index contributed by atoms with van der Waals surface area (Å²) < 4.78 is 0. The molecule has 1 aliphatic rings. The van der Waals surface area contributed by atoms with Crippen LogP contribution in [0.1, 0.15) is 45.5 Å². The van der Waals surface area contributed by atoms with Crippen molar-refractivity contribution in [2.24, 2.45) is 4.99 Å². The Morgan fingerprint density at radius 1 is 0.778 bits per heavy atom. The van der Waals surface area contributed by atoms with Crippen molar-refractivity contribution in [1.82, 2.24) is 5.32 Å². The van der Waals surface area contributed by atoms with Gasteiger partial charge >= 0.3 is 0 Å². The lowest BCUT2D eigenvalue weighted by molar-refractivity contribution is 0.572. The van der Waals surface area contributed by atoms with Gasteiger partial charge in [0, 0.05) is 6.42 Å². The maximum Gasteiger partial charge on any atom is 0.102 e. The summed E-state index contributed by atoms with van der Waals surface area (Å²) in [7, 11) is 0. The molecule has 0 aromatic heterocycles. The molecular weight excluding hydrogens is 328 g/mol. The smallest absolute Gasteiger partial charge is 0.102 e. The van der Waals surface area contributed by atoms with E-state index in [4.69, 9.17) is 4.99 Å². The highest BCUT2D eigenvalue weighted by Gasteiger charge is 2.31. The molecule has 1 aliphatic heterocycles. The molecular formula is C25H26N2. The van der Waals surface area contributed by atoms with Gasteiger partial charge in [-0.15, -0.1) is 0 Å². The van der Waals surface area contributed by atoms with Crippen molar-refractivity contribution in [2.45, 2.75) is 39.3 Å². The molecule has 3 aromatic rings. The number of rotatable bonds is 4. The minimum absolute atomic E-state index is 0.106. The van der Waals surface area contributed by atoms with Crippen LogP contribution < -0.4 is 5.32 Å². The van der Waals surface area contributed by atoms with Crippen LogP contribution >= 0.6 is 0 Å². The normalized spacial score (nSPS) is 18.9. The summed E-state index contributed by atoms with van der Waals surface area (Å²) in [6, 6.07) is 26.1. The number of amidine groups is 1. The molecule has 2 nitrogen and oxygen atoms in total. The van der Waals surface area contributed by atoms with E-state index in [1.54, 1.807) is 0 Å². The topological polar surface area (TPSA) is 24.4 Å². The summed E-state index contributed by atoms with van der Waals surface area (Å²) in [5.41, 5.74) is 7.92. The Balaban J connectivity index is 1.68. The van der Waals surface area contributed by atoms with Crippen molar-refractivity contribution in [3.05, 3.63) is 106 Å². The molecule has 0 spiro atoms. The Morgan fingerprint density at radius 3 is 1.93 bits per heavy atom. The quantitative estimate of drug-likeness (QED) is 0.644. The predicted molar refractivity (Wildman–Crippen MR) is 113 cm³/mol. The first kappa shape index (κ1) is 17.5. The number of nitrogens with one attached hydrogen (secondary N) is 1. The van der Waals surface area contributed by atoms with E-state index in [0.29, 0.717) is 0 Å². The Hall–Kier alpha value is -2.87. The number of aliphatic imine (C=N–C) groups is 1. The van der Waals surface area contributed by atoms with E-state index in [-0.39, 0.29) is 12.1 Å². The summed E-state index contributed by atoms with van der Waals surface area (Å²) in [5.74, 6) is 1.08. The number of nitrogens with zero attached hydrogens (tertiary/aromatic N) is 1. The van der Waals surface area contributed by atoms with Crippen molar-refractivity contribution in [3.63, 3.8) is 0 Å². The Labute approximate surface area is 162 Å². The molecule has 3 aromatic carbocycles. The number of benzene rings is 3. The second-order valence-corrected chi connectivity index (χ2v) is 7.52. The zero-order chi connectivity index (χ0) is 18.8. The Kier molecular flexibility index (Phi) is 4.81. The minimum Gasteiger partial charge on any atom is -0.364 e. The number of hydrogen-bond acceptors (Lipinski definition) is 2. The number of aryl methyl sites for hydroxylation is 3. The number of hydrogen-bond donors (Lipinski definition) is 1. The first-order valence-corrected chi connectivity index (χ1v) is 9.61. The van der Waals surface area contributed by atoms with E-state index in [9.17, 15) is 0 Å². The van der Waals surface area contributed by atoms with Gasteiger partial charge in [0.15, 0.2) is 0 Å². The van der Waals surface area contributed by atoms with Gasteiger partial charge in [0.25, 0.3) is 0 Å². The summed E-state index contributed by atoms with van der Waals surface area (Å²) in [5, 5.41) is 3.72. The predicted octanol–water partition coefficient (Wildman–Crippen LogP) is 5.64. The van der Waals surface area contributed by atoms with Gasteiger partial charge in [-0.1, -0.05) is 78.4 Å². The van der Waals surface area contributed by atoms with Crippen LogP contribution in [0.5, 0.6) is 0 Å². The third-order valence-corrected chi connectivity index (χ3v) is 5.42. The molecule has 2 unspecified atom stereocenters. The molecule has 0 saturated carbocycles. The van der Waals surface area contributed by atoms with Crippen LogP contribution in [0, 0.1) is 20.8 Å². The molecule has 0 aliphatic carbocycles. The van der Waals surface area contributed by atoms with Crippen LogP contribution in [0.25, 0.3) is 0 Å². The Bertz CT molecular complexity index is 935. The SMILES string of the molecule is Cc1cc(C)c(CC2=NC(c3ccccc3)C(c3ccccc3)N2)c(C)c1. The van der Waals surface area contributed by atoms with Crippen LogP contribution in [-0.4, -0.2) is 5.84 Å². The van der Waals surface area contributed by atoms with E-state index >= 15 is 0 Å². The van der Waals surface area contributed by atoms with Gasteiger partial charge in [-0.3, -0.25) is 4.99 Å². The van der Waals surface area contributed by atoms with Gasteiger partial charge in [0.05, 0.1) is 6.04 Å². The first-order chi connectivity index (χ1) is 13.1. The van der Waals surface area contributed by atoms with Crippen LogP contribution in [-0.2, 0) is 6.42 Å². The monoisotopic (exact) mass is 354 g/mol. The molecule has 0 bridgehead atoms. The molecule has 1 N–H and O–H groups in total. The van der Waals surface area contributed by atoms with Crippen LogP contribution in [0.15, 0.2) is 77.8 Å². The van der Waals surface area contributed by atoms with Crippen LogP contribution in [0.4, 0.5) is 0 Å². The summed E-state index contributed by atoms with van der Waals surface area (Å²) in [4.78, 5) is 5.12. The maximum absolute atomic E-state index is 5.12. The fourth-order valence-corrected chi connectivity index (χ4v) is 4.13. The highest BCUT2D eigenvalue weighted by molar-refractivity contribution is 5.87. The lowest BCUT2D eigenvalue weighted by Crippen LogP contribution is -2.26. The largest absolute Gasteiger partial charge is 0.364 e. The van der Waals surface area contributed by atoms with Crippen molar-refractivity contribution in [2.75, 3.05) is 0 Å². The summed E-state index contributed by atoms with van der Waals surface area (Å²) >= 11 is 0. The van der Waals surface area contributed by atoms with Crippen LogP contribution in [0.3, 0.4) is 0 Å². The van der Waals surface area contributed by atoms with E-state index in [1.165, 1.54) is 33.4 Å². The van der Waals surface area contributed by atoms with E-state index < -0.39 is 0 Å². The van der Waals surface area contributed by atoms with E-state index in [0.717, 1.165) is 12.3 Å². The van der Waals surface area contributed by atoms with Crippen molar-refractivity contribution < 1.29 is 0 Å². The molecule has 0 radical (unpaired) electrons. The highest BCUT2D eigenvalue weighted by atomic mass is 15.1. The van der Waals surface area contributed by atoms with Gasteiger partial charge < -0.3 is 5.32 Å². The highest BCUT2D eigenvalue weighted by Crippen LogP contribution is 2.36. The Morgan fingerprint density at radius 2 is 1.33 bits per heavy atom. The van der Waals surface area contributed by atoms with Crippen molar-refractivity contribution in [3.8, 4) is 0 Å². The van der Waals surface area contributed by atoms with Crippen molar-refractivity contribution in [1.29, 1.82) is 0 Å². The lowest BCUT2D eigenvalue weighted by Gasteiger charge is -2.20. The van der Waals surface area contributed by atoms with Crippen molar-refractivity contribution >= 4 is 5.84 Å². The molecule has 136 valence electrons. The molecule has 1 heterocycles. The summed E-state index contributed by atoms with van der Waals surface area (Å²) in [6.45, 7) is 6.56. The molecule has 2 heteroatoms. The van der Waals surface area contributed by atoms with Gasteiger partial charge in [-0.05, 0) is 48.6 Å². The zero-order valence-electron chi connectivity index (χ0n) is 16.2. The molecule has 0 saturated heterocycles. The maximum atomic E-state index is 5.12. The molecule has 0 amide bonds. The minimum atomic E-state index is 0.106. The average molecular weight is 354 g/mol. The second kappa shape index (κ2) is 7.40. The van der Waals surface area contributed by atoms with Gasteiger partial charge in [-0.2, -0.15) is 0 Å². The van der Waals surface area contributed by atoms with E-state index in [1.807, 2.05) is 0 Å². The standard InChI is InChI=1S/C25H26N2/c1-17-14-18(2)22(19(3)15-17)16-23-26-24(20-10-6-4-7-11-20)25(27-23)21-12-8-5-9-13-21/h4-15,24-25H,16H2,1-3H3,(H,26,27). The first-order valence-electron chi connectivity index (χ1n) is 9.61. The molecule has 4 rings (SSSR count). The fraction of sp³-hybridized carbons (Fsp3) is 0.240. The van der Waals surface area contributed by atoms with Gasteiger partial charge in [-0.25, -0.2) is 0 Å². The summed E-state index contributed by atoms with van der Waals surface area (Å²) in [6.07, 6.45) is 0.852. The van der Waals surface area contributed by atoms with Gasteiger partial charge in [0.1, 0.15) is 11.9 Å². The third-order valence-electron chi connectivity index (χ3n) is 5.42. The third kappa shape index (κ3) is 3.66. The fourth-order valence-electron chi connectivity index (χ4n) is 4.13. The lowest BCUT2D eigenvalue weighted by atomic mass is 9.95. The van der Waals surface area contributed by atoms with Gasteiger partial charge in [0.2, 0.25) is 0 Å². The molecule has 0 fully saturated rings. The van der Waals surface area contributed by atoms with Crippen LogP contribution in [0.2, 0.25) is 0 Å². The second-order valence-electron chi connectivity index (χ2n) is 7.52. The average Bonchev–Trinajstić information content (AvgIpc) is 3.10. The zero-order valence-corrected chi connectivity index (χ0v) is 16.2.